The van der Waals surface area contributed by atoms with E-state index in [4.69, 9.17) is 5.11 Å². The minimum absolute atomic E-state index is 0.0182. The van der Waals surface area contributed by atoms with E-state index in [9.17, 15) is 23.2 Å². The molecular formula is C17H20F2N2O4. The summed E-state index contributed by atoms with van der Waals surface area (Å²) in [6, 6.07) is 2.59. The van der Waals surface area contributed by atoms with Crippen molar-refractivity contribution >= 4 is 17.8 Å². The van der Waals surface area contributed by atoms with Crippen LogP contribution in [-0.2, 0) is 9.59 Å². The van der Waals surface area contributed by atoms with Crippen LogP contribution in [0, 0.1) is 11.6 Å². The lowest BCUT2D eigenvalue weighted by atomic mass is 9.98. The van der Waals surface area contributed by atoms with Crippen LogP contribution in [0.3, 0.4) is 0 Å². The van der Waals surface area contributed by atoms with Crippen molar-refractivity contribution in [2.75, 3.05) is 13.1 Å². The number of nitrogens with one attached hydrogen (secondary N) is 1. The van der Waals surface area contributed by atoms with Crippen LogP contribution in [0.15, 0.2) is 18.2 Å². The first-order valence-corrected chi connectivity index (χ1v) is 8.13. The van der Waals surface area contributed by atoms with Gasteiger partial charge in [0.2, 0.25) is 5.91 Å². The van der Waals surface area contributed by atoms with Gasteiger partial charge < -0.3 is 15.3 Å². The number of aliphatic carboxylic acids is 1. The van der Waals surface area contributed by atoms with Gasteiger partial charge in [0, 0.05) is 24.6 Å². The zero-order chi connectivity index (χ0) is 18.4. The van der Waals surface area contributed by atoms with Crippen LogP contribution in [0.5, 0.6) is 0 Å². The van der Waals surface area contributed by atoms with Crippen molar-refractivity contribution in [3.05, 3.63) is 35.4 Å². The first kappa shape index (κ1) is 18.8. The fourth-order valence-corrected chi connectivity index (χ4v) is 2.92. The van der Waals surface area contributed by atoms with Gasteiger partial charge in [-0.1, -0.05) is 0 Å². The van der Waals surface area contributed by atoms with Gasteiger partial charge in [0.15, 0.2) is 11.6 Å². The molecule has 1 aliphatic heterocycles. The van der Waals surface area contributed by atoms with E-state index in [0.29, 0.717) is 13.0 Å². The van der Waals surface area contributed by atoms with E-state index in [1.54, 1.807) is 4.90 Å². The quantitative estimate of drug-likeness (QED) is 0.817. The Hall–Kier alpha value is -2.51. The second-order valence-electron chi connectivity index (χ2n) is 5.98. The number of halogens is 2. The number of nitrogens with zero attached hydrogens (tertiary/aromatic N) is 1. The first-order chi connectivity index (χ1) is 11.9. The molecule has 1 saturated heterocycles. The van der Waals surface area contributed by atoms with Crippen molar-refractivity contribution in [3.8, 4) is 0 Å². The van der Waals surface area contributed by atoms with Gasteiger partial charge in [0.25, 0.3) is 5.91 Å². The third-order valence-electron chi connectivity index (χ3n) is 4.22. The lowest BCUT2D eigenvalue weighted by molar-refractivity contribution is -0.139. The topological polar surface area (TPSA) is 86.7 Å². The molecule has 8 heteroatoms. The Morgan fingerprint density at radius 1 is 1.20 bits per heavy atom. The Balaban J connectivity index is 1.91. The van der Waals surface area contributed by atoms with Crippen LogP contribution in [0.1, 0.15) is 42.5 Å². The van der Waals surface area contributed by atoms with Gasteiger partial charge in [0.05, 0.1) is 6.54 Å². The second kappa shape index (κ2) is 8.55. The minimum atomic E-state index is -1.14. The van der Waals surface area contributed by atoms with Gasteiger partial charge in [-0.3, -0.25) is 14.4 Å². The molecule has 2 N–H and O–H groups in total. The predicted octanol–water partition coefficient (Wildman–Crippen LogP) is 1.94. The summed E-state index contributed by atoms with van der Waals surface area (Å²) in [5, 5.41) is 11.2. The summed E-state index contributed by atoms with van der Waals surface area (Å²) < 4.78 is 26.0. The Morgan fingerprint density at radius 2 is 1.96 bits per heavy atom. The number of hydrogen-bond acceptors (Lipinski definition) is 3. The first-order valence-electron chi connectivity index (χ1n) is 8.13. The Kier molecular flexibility index (Phi) is 6.44. The number of likely N-dealkylation sites (tertiary alicyclic amines) is 1. The zero-order valence-corrected chi connectivity index (χ0v) is 13.6. The molecule has 0 spiro atoms. The molecule has 1 unspecified atom stereocenters. The maximum absolute atomic E-state index is 13.2. The number of benzene rings is 1. The molecular weight excluding hydrogens is 334 g/mol. The molecule has 2 rings (SSSR count). The number of carboxylic acids is 1. The van der Waals surface area contributed by atoms with E-state index in [2.05, 4.69) is 5.32 Å². The molecule has 1 aliphatic rings. The Morgan fingerprint density at radius 3 is 2.64 bits per heavy atom. The highest BCUT2D eigenvalue weighted by molar-refractivity contribution is 5.96. The van der Waals surface area contributed by atoms with Gasteiger partial charge in [-0.05, 0) is 43.9 Å². The minimum Gasteiger partial charge on any atom is -0.481 e. The summed E-state index contributed by atoms with van der Waals surface area (Å²) in [5.74, 6) is -4.09. The summed E-state index contributed by atoms with van der Waals surface area (Å²) in [6.45, 7) is 0.242. The van der Waals surface area contributed by atoms with Crippen LogP contribution in [-0.4, -0.2) is 46.9 Å². The Bertz CT molecular complexity index is 666. The maximum atomic E-state index is 13.2. The molecule has 1 atom stereocenters. The molecule has 1 aromatic carbocycles. The molecule has 136 valence electrons. The van der Waals surface area contributed by atoms with Crippen LogP contribution >= 0.6 is 0 Å². The number of hydrogen-bond donors (Lipinski definition) is 2. The smallest absolute Gasteiger partial charge is 0.303 e. The van der Waals surface area contributed by atoms with Crippen molar-refractivity contribution in [3.63, 3.8) is 0 Å². The molecule has 0 bridgehead atoms. The lowest BCUT2D eigenvalue weighted by Crippen LogP contribution is -2.48. The fourth-order valence-electron chi connectivity index (χ4n) is 2.92. The molecule has 0 saturated carbocycles. The van der Waals surface area contributed by atoms with Crippen LogP contribution in [0.2, 0.25) is 0 Å². The molecule has 0 aromatic heterocycles. The second-order valence-corrected chi connectivity index (χ2v) is 5.98. The van der Waals surface area contributed by atoms with Crippen LogP contribution in [0.25, 0.3) is 0 Å². The Labute approximate surface area is 143 Å². The van der Waals surface area contributed by atoms with Crippen molar-refractivity contribution in [1.82, 2.24) is 10.2 Å². The van der Waals surface area contributed by atoms with E-state index in [0.717, 1.165) is 37.5 Å². The highest BCUT2D eigenvalue weighted by Gasteiger charge is 2.27. The van der Waals surface area contributed by atoms with Gasteiger partial charge in [-0.25, -0.2) is 8.78 Å². The normalized spacial score (nSPS) is 17.2. The lowest BCUT2D eigenvalue weighted by Gasteiger charge is -2.35. The summed E-state index contributed by atoms with van der Waals surface area (Å²) >= 11 is 0. The maximum Gasteiger partial charge on any atom is 0.303 e. The van der Waals surface area contributed by atoms with Gasteiger partial charge in [0.1, 0.15) is 0 Å². The molecule has 0 aliphatic carbocycles. The number of piperidine rings is 1. The SMILES string of the molecule is O=C(O)CCC1CCCCN1C(=O)CNC(=O)c1ccc(F)c(F)c1. The largest absolute Gasteiger partial charge is 0.481 e. The highest BCUT2D eigenvalue weighted by Crippen LogP contribution is 2.21. The van der Waals surface area contributed by atoms with Crippen molar-refractivity contribution in [2.45, 2.75) is 38.1 Å². The molecule has 25 heavy (non-hydrogen) atoms. The third-order valence-corrected chi connectivity index (χ3v) is 4.22. The van der Waals surface area contributed by atoms with Crippen molar-refractivity contribution in [2.24, 2.45) is 0 Å². The summed E-state index contributed by atoms with van der Waals surface area (Å²) in [6.07, 6.45) is 2.84. The number of carbonyl (C=O) groups is 3. The average molecular weight is 354 g/mol. The zero-order valence-electron chi connectivity index (χ0n) is 13.6. The summed E-state index contributed by atoms with van der Waals surface area (Å²) in [7, 11) is 0. The molecule has 6 nitrogen and oxygen atoms in total. The molecule has 0 radical (unpaired) electrons. The standard InChI is InChI=1S/C17H20F2N2O4/c18-13-6-4-11(9-14(13)19)17(25)20-10-15(22)21-8-2-1-3-12(21)5-7-16(23)24/h4,6,9,12H,1-3,5,7-8,10H2,(H,20,25)(H,23,24). The van der Waals surface area contributed by atoms with E-state index in [-0.39, 0.29) is 30.5 Å². The number of carbonyl (C=O) groups excluding carboxylic acids is 2. The summed E-state index contributed by atoms with van der Waals surface area (Å²) in [4.78, 5) is 36.6. The van der Waals surface area contributed by atoms with Gasteiger partial charge >= 0.3 is 5.97 Å². The monoisotopic (exact) mass is 354 g/mol. The molecule has 2 amide bonds. The number of rotatable bonds is 6. The van der Waals surface area contributed by atoms with E-state index >= 15 is 0 Å². The fraction of sp³-hybridized carbons (Fsp3) is 0.471. The highest BCUT2D eigenvalue weighted by atomic mass is 19.2. The third kappa shape index (κ3) is 5.23. The van der Waals surface area contributed by atoms with Crippen LogP contribution < -0.4 is 5.32 Å². The molecule has 1 aromatic rings. The number of amides is 2. The van der Waals surface area contributed by atoms with Gasteiger partial charge in [-0.15, -0.1) is 0 Å². The van der Waals surface area contributed by atoms with Gasteiger partial charge in [-0.2, -0.15) is 0 Å². The molecule has 1 heterocycles. The van der Waals surface area contributed by atoms with E-state index < -0.39 is 23.5 Å². The van der Waals surface area contributed by atoms with Crippen LogP contribution in [0.4, 0.5) is 8.78 Å². The van der Waals surface area contributed by atoms with E-state index in [1.165, 1.54) is 0 Å². The summed E-state index contributed by atoms with van der Waals surface area (Å²) in [5.41, 5.74) is -0.0761. The average Bonchev–Trinajstić information content (AvgIpc) is 2.60. The number of carboxylic acid groups (broad SMARTS) is 1. The van der Waals surface area contributed by atoms with Crippen molar-refractivity contribution in [1.29, 1.82) is 0 Å². The van der Waals surface area contributed by atoms with E-state index in [1.807, 2.05) is 0 Å². The van der Waals surface area contributed by atoms with Crippen molar-refractivity contribution < 1.29 is 28.3 Å². The molecule has 1 fully saturated rings. The predicted molar refractivity (Wildman–Crippen MR) is 84.9 cm³/mol.